The Morgan fingerprint density at radius 2 is 1.91 bits per heavy atom. The molecule has 6 N–H and O–H groups in total. The summed E-state index contributed by atoms with van der Waals surface area (Å²) in [6.45, 7) is 0. The molecule has 32 heavy (non-hydrogen) atoms. The molecule has 4 rings (SSSR count). The van der Waals surface area contributed by atoms with E-state index in [0.717, 1.165) is 0 Å². The summed E-state index contributed by atoms with van der Waals surface area (Å²) in [6.07, 6.45) is -0.898. The highest BCUT2D eigenvalue weighted by molar-refractivity contribution is 7.09. The van der Waals surface area contributed by atoms with E-state index in [1.165, 1.54) is 25.1 Å². The second kappa shape index (κ2) is 7.38. The minimum Gasteiger partial charge on any atom is -0.508 e. The lowest BCUT2D eigenvalue weighted by Crippen LogP contribution is -2.70. The predicted octanol–water partition coefficient (Wildman–Crippen LogP) is -0.251. The highest BCUT2D eigenvalue weighted by atomic mass is 31.0. The number of rotatable bonds is 3. The van der Waals surface area contributed by atoms with Crippen molar-refractivity contribution < 1.29 is 39.3 Å². The number of hydrogen-bond donors (Lipinski definition) is 5. The number of hydrogen-bond acceptors (Lipinski definition) is 9. The fourth-order valence-corrected chi connectivity index (χ4v) is 5.70. The number of nitrogens with zero attached hydrogens (tertiary/aromatic N) is 1. The number of primary amides is 1. The van der Waals surface area contributed by atoms with E-state index < -0.39 is 64.1 Å². The van der Waals surface area contributed by atoms with Gasteiger partial charge in [0.15, 0.2) is 11.4 Å². The molecule has 6 atom stereocenters. The Morgan fingerprint density at radius 3 is 2.47 bits per heavy atom. The van der Waals surface area contributed by atoms with Gasteiger partial charge in [-0.15, -0.1) is 0 Å². The van der Waals surface area contributed by atoms with Gasteiger partial charge < -0.3 is 30.7 Å². The summed E-state index contributed by atoms with van der Waals surface area (Å²) in [7, 11) is 5.07. The third-order valence-corrected chi connectivity index (χ3v) is 6.98. The second-order valence-electron chi connectivity index (χ2n) is 8.47. The molecule has 11 heteroatoms. The molecule has 0 radical (unpaired) electrons. The quantitative estimate of drug-likeness (QED) is 0.300. The number of aromatic hydroxyl groups is 1. The van der Waals surface area contributed by atoms with E-state index >= 15 is 0 Å². The van der Waals surface area contributed by atoms with Gasteiger partial charge in [0.2, 0.25) is 5.78 Å². The van der Waals surface area contributed by atoms with Gasteiger partial charge in [0.1, 0.15) is 22.8 Å². The first kappa shape index (κ1) is 22.4. The van der Waals surface area contributed by atoms with Crippen LogP contribution in [0.25, 0.3) is 5.76 Å². The fourth-order valence-electron chi connectivity index (χ4n) is 5.35. The Bertz CT molecular complexity index is 1130. The molecule has 0 spiro atoms. The molecule has 1 saturated carbocycles. The number of carbonyl (C=O) groups is 3. The van der Waals surface area contributed by atoms with Gasteiger partial charge in [-0.1, -0.05) is 12.1 Å². The molecule has 1 aromatic carbocycles. The van der Waals surface area contributed by atoms with E-state index in [1.807, 2.05) is 9.47 Å². The number of nitrogens with two attached hydrogens (primary N) is 1. The summed E-state index contributed by atoms with van der Waals surface area (Å²) in [5, 5.41) is 43.7. The van der Waals surface area contributed by atoms with Gasteiger partial charge in [0, 0.05) is 21.0 Å². The molecule has 1 amide bonds. The van der Waals surface area contributed by atoms with Crippen molar-refractivity contribution in [2.75, 3.05) is 14.1 Å². The van der Waals surface area contributed by atoms with Gasteiger partial charge in [-0.25, -0.2) is 0 Å². The van der Waals surface area contributed by atoms with Crippen LogP contribution in [0.1, 0.15) is 11.1 Å². The minimum absolute atomic E-state index is 0.0336. The maximum Gasteiger partial charge on any atom is 0.255 e. The van der Waals surface area contributed by atoms with Gasteiger partial charge in [0.05, 0.1) is 23.6 Å². The molecule has 0 saturated heterocycles. The summed E-state index contributed by atoms with van der Waals surface area (Å²) >= 11 is 0. The maximum atomic E-state index is 13.7. The van der Waals surface area contributed by atoms with Crippen LogP contribution in [-0.4, -0.2) is 74.6 Å². The molecule has 3 aliphatic carbocycles. The molecule has 0 aromatic heterocycles. The first-order chi connectivity index (χ1) is 15.0. The Hall–Kier alpha value is -2.78. The standard InChI is InChI=1S/C21H23N2O8P/c1-23(2)14-13-17(31-32)8-6-7-4-3-5-9(24)10(7)15(25)11(8)18(27)21(13,30)19(28)12(16(14)26)20(22)29/h3-5,8,13-14,17,24-25,28,30H,6,32H2,1-2H3,(H2,22,29)/t8-,13-,14+,17+,21+/m1/s1. The number of phenols is 1. The average Bonchev–Trinajstić information content (AvgIpc) is 2.70. The Balaban J connectivity index is 2.06. The lowest BCUT2D eigenvalue weighted by molar-refractivity contribution is -0.165. The van der Waals surface area contributed by atoms with Crippen LogP contribution >= 0.6 is 9.47 Å². The van der Waals surface area contributed by atoms with Crippen LogP contribution in [0.2, 0.25) is 0 Å². The van der Waals surface area contributed by atoms with Crippen LogP contribution in [0.4, 0.5) is 0 Å². The average molecular weight is 462 g/mol. The van der Waals surface area contributed by atoms with E-state index in [4.69, 9.17) is 10.3 Å². The number of ketones is 2. The Morgan fingerprint density at radius 1 is 1.25 bits per heavy atom. The monoisotopic (exact) mass is 462 g/mol. The van der Waals surface area contributed by atoms with Crippen molar-refractivity contribution >= 4 is 32.7 Å². The van der Waals surface area contributed by atoms with E-state index in [0.29, 0.717) is 5.56 Å². The molecule has 0 aliphatic heterocycles. The zero-order chi connectivity index (χ0) is 23.7. The highest BCUT2D eigenvalue weighted by Crippen LogP contribution is 2.53. The minimum atomic E-state index is -2.77. The number of aliphatic hydroxyl groups excluding tert-OH is 2. The number of likely N-dealkylation sites (N-methyl/N-ethyl adjacent to an activating group) is 1. The first-order valence-corrected chi connectivity index (χ1v) is 10.3. The van der Waals surface area contributed by atoms with Crippen molar-refractivity contribution in [1.82, 2.24) is 4.90 Å². The fraction of sp³-hybridized carbons (Fsp3) is 0.381. The van der Waals surface area contributed by atoms with E-state index in [9.17, 15) is 34.8 Å². The summed E-state index contributed by atoms with van der Waals surface area (Å²) in [5.41, 5.74) is 1.96. The van der Waals surface area contributed by atoms with Gasteiger partial charge in [-0.2, -0.15) is 0 Å². The van der Waals surface area contributed by atoms with Crippen LogP contribution in [0.3, 0.4) is 0 Å². The van der Waals surface area contributed by atoms with E-state index in [2.05, 4.69) is 0 Å². The molecule has 1 fully saturated rings. The summed E-state index contributed by atoms with van der Waals surface area (Å²) in [4.78, 5) is 40.2. The summed E-state index contributed by atoms with van der Waals surface area (Å²) in [5.74, 6) is -7.36. The number of aliphatic hydroxyl groups is 3. The lowest BCUT2D eigenvalue weighted by Gasteiger charge is -2.53. The van der Waals surface area contributed by atoms with Crippen molar-refractivity contribution in [3.05, 3.63) is 46.2 Å². The van der Waals surface area contributed by atoms with Crippen LogP contribution in [-0.2, 0) is 25.3 Å². The second-order valence-corrected chi connectivity index (χ2v) is 8.74. The van der Waals surface area contributed by atoms with Gasteiger partial charge in [-0.3, -0.25) is 19.3 Å². The largest absolute Gasteiger partial charge is 0.508 e. The van der Waals surface area contributed by atoms with Gasteiger partial charge in [0.25, 0.3) is 5.91 Å². The number of benzene rings is 1. The lowest BCUT2D eigenvalue weighted by atomic mass is 9.56. The number of Topliss-reactive ketones (excluding diaryl/α,β-unsaturated/α-hetero) is 2. The Kier molecular flexibility index (Phi) is 5.17. The molecule has 3 aliphatic rings. The third-order valence-electron chi connectivity index (χ3n) is 6.67. The van der Waals surface area contributed by atoms with Crippen molar-refractivity contribution in [3.63, 3.8) is 0 Å². The Labute approximate surface area is 185 Å². The molecular weight excluding hydrogens is 439 g/mol. The van der Waals surface area contributed by atoms with Crippen molar-refractivity contribution in [1.29, 1.82) is 0 Å². The molecule has 170 valence electrons. The van der Waals surface area contributed by atoms with Crippen molar-refractivity contribution in [2.45, 2.75) is 24.2 Å². The zero-order valence-corrected chi connectivity index (χ0v) is 18.4. The van der Waals surface area contributed by atoms with Crippen LogP contribution in [0.15, 0.2) is 35.1 Å². The number of phenolic OH excluding ortho intramolecular Hbond substituents is 1. The van der Waals surface area contributed by atoms with Crippen LogP contribution in [0, 0.1) is 11.8 Å². The first-order valence-electron chi connectivity index (χ1n) is 9.79. The van der Waals surface area contributed by atoms with Gasteiger partial charge >= 0.3 is 0 Å². The summed E-state index contributed by atoms with van der Waals surface area (Å²) < 4.78 is 5.58. The summed E-state index contributed by atoms with van der Waals surface area (Å²) in [6, 6.07) is 3.37. The van der Waals surface area contributed by atoms with Crippen LogP contribution < -0.4 is 5.73 Å². The molecule has 1 unspecified atom stereocenters. The maximum absolute atomic E-state index is 13.7. The van der Waals surface area contributed by atoms with Crippen LogP contribution in [0.5, 0.6) is 5.75 Å². The SMILES string of the molecule is CN(C)[C@@H]1C(=O)C(C(N)=O)=C(O)[C@@]2(O)C(=O)C3=C(O)c4c(O)cccc4C[C@H]3[C@H](OP)[C@@H]12. The number of fused-ring (bicyclic) bond motifs is 3. The van der Waals surface area contributed by atoms with Crippen molar-refractivity contribution in [3.8, 4) is 5.75 Å². The smallest absolute Gasteiger partial charge is 0.255 e. The molecule has 0 heterocycles. The highest BCUT2D eigenvalue weighted by Gasteiger charge is 2.68. The topological polar surface area (TPSA) is 171 Å². The number of carbonyl (C=O) groups excluding carboxylic acids is 3. The molecule has 1 aromatic rings. The van der Waals surface area contributed by atoms with E-state index in [1.54, 1.807) is 12.1 Å². The van der Waals surface area contributed by atoms with Gasteiger partial charge in [-0.05, 0) is 32.1 Å². The zero-order valence-electron chi connectivity index (χ0n) is 17.3. The molecule has 0 bridgehead atoms. The number of amides is 1. The van der Waals surface area contributed by atoms with Crippen molar-refractivity contribution in [2.24, 2.45) is 17.6 Å². The van der Waals surface area contributed by atoms with E-state index in [-0.39, 0.29) is 23.3 Å². The molecular formula is C21H23N2O8P. The third kappa shape index (κ3) is 2.70. The predicted molar refractivity (Wildman–Crippen MR) is 114 cm³/mol. The molecule has 10 nitrogen and oxygen atoms in total. The normalized spacial score (nSPS) is 32.0.